The second-order valence-corrected chi connectivity index (χ2v) is 10.7. The van der Waals surface area contributed by atoms with Gasteiger partial charge in [0, 0.05) is 30.6 Å². The van der Waals surface area contributed by atoms with Crippen LogP contribution >= 0.6 is 0 Å². The van der Waals surface area contributed by atoms with E-state index in [1.807, 2.05) is 48.5 Å². The Labute approximate surface area is 229 Å². The summed E-state index contributed by atoms with van der Waals surface area (Å²) in [5.41, 5.74) is 2.31. The Morgan fingerprint density at radius 3 is 2.69 bits per heavy atom. The Morgan fingerprint density at radius 1 is 1.13 bits per heavy atom. The summed E-state index contributed by atoms with van der Waals surface area (Å²) in [7, 11) is 1.62. The molecule has 0 aromatic heterocycles. The van der Waals surface area contributed by atoms with E-state index < -0.39 is 24.2 Å². The number of aliphatic hydroxyl groups is 2. The third-order valence-electron chi connectivity index (χ3n) is 8.27. The van der Waals surface area contributed by atoms with Crippen LogP contribution in [0.15, 0.2) is 60.2 Å². The molecule has 2 amide bonds. The van der Waals surface area contributed by atoms with Crippen molar-refractivity contribution < 1.29 is 29.3 Å². The molecule has 0 spiro atoms. The van der Waals surface area contributed by atoms with Gasteiger partial charge in [0.2, 0.25) is 11.8 Å². The largest absolute Gasteiger partial charge is 0.497 e. The number of carbonyl (C=O) groups is 2. The highest BCUT2D eigenvalue weighted by molar-refractivity contribution is 5.96. The Hall–Kier alpha value is -3.36. The molecule has 1 fully saturated rings. The van der Waals surface area contributed by atoms with Crippen LogP contribution in [0.4, 0.5) is 0 Å². The number of para-hydroxylation sites is 1. The SMILES string of the molecule is COc1cccc(CCN(C(=O)CC2CCCC2)[C@@H]2C=C(C(=O)NCCO)[C@@H]3c4ccccc4O[C@@H]3[C@H]2O)c1. The van der Waals surface area contributed by atoms with Gasteiger partial charge in [0.05, 0.1) is 25.7 Å². The number of hydrogen-bond donors (Lipinski definition) is 3. The van der Waals surface area contributed by atoms with Gasteiger partial charge in [0.15, 0.2) is 0 Å². The molecule has 2 aliphatic carbocycles. The number of hydrogen-bond acceptors (Lipinski definition) is 6. The van der Waals surface area contributed by atoms with Crippen molar-refractivity contribution >= 4 is 11.8 Å². The van der Waals surface area contributed by atoms with E-state index in [2.05, 4.69) is 5.32 Å². The maximum atomic E-state index is 13.8. The molecule has 8 nitrogen and oxygen atoms in total. The molecule has 1 aliphatic heterocycles. The lowest BCUT2D eigenvalue weighted by Gasteiger charge is -2.41. The smallest absolute Gasteiger partial charge is 0.247 e. The van der Waals surface area contributed by atoms with Gasteiger partial charge in [-0.25, -0.2) is 0 Å². The van der Waals surface area contributed by atoms with Crippen LogP contribution < -0.4 is 14.8 Å². The van der Waals surface area contributed by atoms with E-state index in [0.29, 0.717) is 36.6 Å². The van der Waals surface area contributed by atoms with Crippen LogP contribution in [0.3, 0.4) is 0 Å². The monoisotopic (exact) mass is 534 g/mol. The number of amides is 2. The predicted octanol–water partition coefficient (Wildman–Crippen LogP) is 2.97. The molecule has 39 heavy (non-hydrogen) atoms. The van der Waals surface area contributed by atoms with Crippen molar-refractivity contribution in [3.05, 3.63) is 71.3 Å². The van der Waals surface area contributed by atoms with E-state index >= 15 is 0 Å². The van der Waals surface area contributed by atoms with Crippen LogP contribution in [0, 0.1) is 5.92 Å². The first kappa shape index (κ1) is 27.2. The van der Waals surface area contributed by atoms with Gasteiger partial charge in [-0.05, 0) is 55.0 Å². The molecule has 5 rings (SSSR count). The van der Waals surface area contributed by atoms with Crippen molar-refractivity contribution in [2.45, 2.75) is 62.7 Å². The van der Waals surface area contributed by atoms with Crippen molar-refractivity contribution in [3.63, 3.8) is 0 Å². The summed E-state index contributed by atoms with van der Waals surface area (Å²) in [5, 5.41) is 23.8. The van der Waals surface area contributed by atoms with Crippen LogP contribution in [0.2, 0.25) is 0 Å². The molecule has 2 aromatic carbocycles. The molecular weight excluding hydrogens is 496 g/mol. The number of fused-ring (bicyclic) bond motifs is 3. The van der Waals surface area contributed by atoms with Gasteiger partial charge < -0.3 is 29.9 Å². The number of nitrogens with zero attached hydrogens (tertiary/aromatic N) is 1. The maximum Gasteiger partial charge on any atom is 0.247 e. The van der Waals surface area contributed by atoms with E-state index in [1.54, 1.807) is 18.1 Å². The zero-order valence-corrected chi connectivity index (χ0v) is 22.4. The van der Waals surface area contributed by atoms with E-state index in [-0.39, 0.29) is 25.0 Å². The van der Waals surface area contributed by atoms with Gasteiger partial charge >= 0.3 is 0 Å². The quantitative estimate of drug-likeness (QED) is 0.433. The van der Waals surface area contributed by atoms with E-state index in [0.717, 1.165) is 42.6 Å². The summed E-state index contributed by atoms with van der Waals surface area (Å²) < 4.78 is 11.6. The molecule has 0 unspecified atom stereocenters. The average Bonchev–Trinajstić information content (AvgIpc) is 3.61. The number of rotatable bonds is 10. The number of methoxy groups -OCH3 is 1. The normalized spacial score (nSPS) is 23.8. The minimum atomic E-state index is -1.02. The van der Waals surface area contributed by atoms with Crippen LogP contribution in [0.1, 0.15) is 49.1 Å². The summed E-state index contributed by atoms with van der Waals surface area (Å²) >= 11 is 0. The van der Waals surface area contributed by atoms with Crippen LogP contribution in [-0.4, -0.2) is 72.0 Å². The number of nitrogens with one attached hydrogen (secondary N) is 1. The third-order valence-corrected chi connectivity index (χ3v) is 8.27. The fraction of sp³-hybridized carbons (Fsp3) is 0.484. The van der Waals surface area contributed by atoms with Crippen LogP contribution in [0.5, 0.6) is 11.5 Å². The molecule has 0 bridgehead atoms. The van der Waals surface area contributed by atoms with Gasteiger partial charge in [-0.15, -0.1) is 0 Å². The molecule has 8 heteroatoms. The Morgan fingerprint density at radius 2 is 1.92 bits per heavy atom. The fourth-order valence-electron chi connectivity index (χ4n) is 6.29. The lowest BCUT2D eigenvalue weighted by Crippen LogP contribution is -2.56. The highest BCUT2D eigenvalue weighted by atomic mass is 16.5. The first-order valence-corrected chi connectivity index (χ1v) is 14.0. The number of aliphatic hydroxyl groups excluding tert-OH is 2. The molecule has 1 heterocycles. The highest BCUT2D eigenvalue weighted by Crippen LogP contribution is 2.47. The number of benzene rings is 2. The predicted molar refractivity (Wildman–Crippen MR) is 147 cm³/mol. The molecule has 208 valence electrons. The highest BCUT2D eigenvalue weighted by Gasteiger charge is 2.50. The van der Waals surface area contributed by atoms with E-state index in [1.165, 1.54) is 0 Å². The zero-order chi connectivity index (χ0) is 27.4. The summed E-state index contributed by atoms with van der Waals surface area (Å²) in [5.74, 6) is 0.913. The lowest BCUT2D eigenvalue weighted by molar-refractivity contribution is -0.138. The van der Waals surface area contributed by atoms with Gasteiger partial charge in [-0.3, -0.25) is 9.59 Å². The molecule has 2 aromatic rings. The minimum absolute atomic E-state index is 0.0193. The topological polar surface area (TPSA) is 108 Å². The zero-order valence-electron chi connectivity index (χ0n) is 22.4. The second-order valence-electron chi connectivity index (χ2n) is 10.7. The third kappa shape index (κ3) is 5.82. The fourth-order valence-corrected chi connectivity index (χ4v) is 6.29. The van der Waals surface area contributed by atoms with Crippen molar-refractivity contribution in [2.75, 3.05) is 26.8 Å². The molecule has 0 saturated heterocycles. The van der Waals surface area contributed by atoms with Crippen LogP contribution in [0.25, 0.3) is 0 Å². The Bertz CT molecular complexity index is 1210. The summed E-state index contributed by atoms with van der Waals surface area (Å²) in [6.45, 7) is 0.315. The van der Waals surface area contributed by atoms with Gasteiger partial charge in [0.25, 0.3) is 0 Å². The first-order valence-electron chi connectivity index (χ1n) is 14.0. The van der Waals surface area contributed by atoms with Gasteiger partial charge in [0.1, 0.15) is 23.7 Å². The second kappa shape index (κ2) is 12.2. The Balaban J connectivity index is 1.48. The Kier molecular flexibility index (Phi) is 8.53. The van der Waals surface area contributed by atoms with Crippen molar-refractivity contribution in [3.8, 4) is 11.5 Å². The maximum absolute atomic E-state index is 13.8. The summed E-state index contributed by atoms with van der Waals surface area (Å²) in [6.07, 6.45) is 5.38. The first-order chi connectivity index (χ1) is 19.0. The standard InChI is InChI=1S/C31H38N2O6/c1-38-22-10-6-9-21(17-22)13-15-33(27(35)18-20-7-2-3-8-20)25-19-24(31(37)32-14-16-34)28-23-11-4-5-12-26(23)39-30(28)29(25)36/h4-6,9-12,17,19-20,25,28-30,34,36H,2-3,7-8,13-16,18H2,1H3,(H,32,37)/t25-,28+,29+,30+/m1/s1. The number of ether oxygens (including phenoxy) is 2. The summed E-state index contributed by atoms with van der Waals surface area (Å²) in [4.78, 5) is 28.9. The van der Waals surface area contributed by atoms with E-state index in [9.17, 15) is 19.8 Å². The van der Waals surface area contributed by atoms with Crippen molar-refractivity contribution in [2.24, 2.45) is 5.92 Å². The molecule has 4 atom stereocenters. The molecule has 3 N–H and O–H groups in total. The van der Waals surface area contributed by atoms with Crippen molar-refractivity contribution in [1.29, 1.82) is 0 Å². The average molecular weight is 535 g/mol. The molecular formula is C31H38N2O6. The number of carbonyl (C=O) groups excluding carboxylic acids is 2. The van der Waals surface area contributed by atoms with Crippen molar-refractivity contribution in [1.82, 2.24) is 10.2 Å². The minimum Gasteiger partial charge on any atom is -0.497 e. The van der Waals surface area contributed by atoms with Crippen LogP contribution in [-0.2, 0) is 16.0 Å². The molecule has 0 radical (unpaired) electrons. The molecule has 3 aliphatic rings. The van der Waals surface area contributed by atoms with Gasteiger partial charge in [-0.1, -0.05) is 43.2 Å². The molecule has 1 saturated carbocycles. The van der Waals surface area contributed by atoms with E-state index in [4.69, 9.17) is 9.47 Å². The lowest BCUT2D eigenvalue weighted by atomic mass is 9.77. The summed E-state index contributed by atoms with van der Waals surface area (Å²) in [6, 6.07) is 14.5. The van der Waals surface area contributed by atoms with Gasteiger partial charge in [-0.2, -0.15) is 0 Å².